The lowest BCUT2D eigenvalue weighted by molar-refractivity contribution is 0.0219. The fourth-order valence-corrected chi connectivity index (χ4v) is 3.47. The molecule has 0 unspecified atom stereocenters. The highest BCUT2D eigenvalue weighted by Crippen LogP contribution is 2.20. The number of hydrogen-bond donors (Lipinski definition) is 0. The zero-order valence-corrected chi connectivity index (χ0v) is 13.4. The predicted octanol–water partition coefficient (Wildman–Crippen LogP) is 1.98. The van der Waals surface area contributed by atoms with Gasteiger partial charge in [-0.05, 0) is 39.7 Å². The molecular weight excluding hydrogens is 290 g/mol. The topological polar surface area (TPSA) is 72.4 Å². The lowest BCUT2D eigenvalue weighted by atomic mass is 10.1. The second-order valence-electron chi connectivity index (χ2n) is 6.02. The molecule has 0 radical (unpaired) electrons. The highest BCUT2D eigenvalue weighted by atomic mass is 32.2. The molecule has 1 aliphatic rings. The van der Waals surface area contributed by atoms with Crippen LogP contribution in [0.2, 0.25) is 0 Å². The number of carbonyl (C=O) groups is 1. The Morgan fingerprint density at radius 1 is 1.38 bits per heavy atom. The summed E-state index contributed by atoms with van der Waals surface area (Å²) in [7, 11) is -1.30. The van der Waals surface area contributed by atoms with Crippen molar-refractivity contribution in [2.45, 2.75) is 49.6 Å². The van der Waals surface area contributed by atoms with Crippen molar-refractivity contribution in [3.8, 4) is 0 Å². The number of piperidine rings is 1. The van der Waals surface area contributed by atoms with E-state index in [2.05, 4.69) is 9.97 Å². The van der Waals surface area contributed by atoms with E-state index in [9.17, 15) is 9.00 Å². The standard InChI is InChI=1S/C14H21N3O3S/c1-14(2,3)20-13(18)17-9-4-6-11(10-17)21(19)12-15-7-5-8-16-12/h5,7-8,11H,4,6,9-10H2,1-3H3/t11-,21-/m1/s1. The molecule has 0 aliphatic carbocycles. The molecule has 7 heteroatoms. The van der Waals surface area contributed by atoms with Crippen molar-refractivity contribution in [2.75, 3.05) is 13.1 Å². The maximum atomic E-state index is 12.5. The predicted molar refractivity (Wildman–Crippen MR) is 79.3 cm³/mol. The van der Waals surface area contributed by atoms with E-state index >= 15 is 0 Å². The zero-order chi connectivity index (χ0) is 15.5. The molecule has 0 aromatic carbocycles. The van der Waals surface area contributed by atoms with E-state index < -0.39 is 16.4 Å². The van der Waals surface area contributed by atoms with Crippen molar-refractivity contribution in [2.24, 2.45) is 0 Å². The van der Waals surface area contributed by atoms with E-state index in [-0.39, 0.29) is 11.3 Å². The monoisotopic (exact) mass is 311 g/mol. The summed E-state index contributed by atoms with van der Waals surface area (Å²) >= 11 is 0. The maximum absolute atomic E-state index is 12.5. The summed E-state index contributed by atoms with van der Waals surface area (Å²) in [4.78, 5) is 21.8. The van der Waals surface area contributed by atoms with E-state index in [1.54, 1.807) is 23.4 Å². The average Bonchev–Trinajstić information content (AvgIpc) is 2.46. The Morgan fingerprint density at radius 3 is 2.67 bits per heavy atom. The number of hydrogen-bond acceptors (Lipinski definition) is 5. The molecule has 21 heavy (non-hydrogen) atoms. The van der Waals surface area contributed by atoms with Gasteiger partial charge in [-0.2, -0.15) is 0 Å². The van der Waals surface area contributed by atoms with Gasteiger partial charge in [0.25, 0.3) is 0 Å². The fourth-order valence-electron chi connectivity index (χ4n) is 2.14. The highest BCUT2D eigenvalue weighted by molar-refractivity contribution is 7.85. The first-order chi connectivity index (χ1) is 9.87. The van der Waals surface area contributed by atoms with Crippen LogP contribution in [-0.2, 0) is 15.5 Å². The second-order valence-corrected chi connectivity index (χ2v) is 7.65. The quantitative estimate of drug-likeness (QED) is 0.781. The Bertz CT molecular complexity index is 516. The molecule has 1 amide bonds. The minimum Gasteiger partial charge on any atom is -0.444 e. The number of ether oxygens (including phenoxy) is 1. The van der Waals surface area contributed by atoms with Crippen LogP contribution in [0.1, 0.15) is 33.6 Å². The lowest BCUT2D eigenvalue weighted by Crippen LogP contribution is -2.46. The van der Waals surface area contributed by atoms with Crippen LogP contribution in [0.15, 0.2) is 23.6 Å². The van der Waals surface area contributed by atoms with Gasteiger partial charge in [0.05, 0.1) is 16.0 Å². The molecule has 2 atom stereocenters. The second kappa shape index (κ2) is 6.51. The summed E-state index contributed by atoms with van der Waals surface area (Å²) in [6.45, 7) is 6.56. The van der Waals surface area contributed by atoms with Gasteiger partial charge in [0.1, 0.15) is 5.60 Å². The van der Waals surface area contributed by atoms with Gasteiger partial charge in [0.2, 0.25) is 5.16 Å². The van der Waals surface area contributed by atoms with Gasteiger partial charge in [0, 0.05) is 25.5 Å². The highest BCUT2D eigenvalue weighted by Gasteiger charge is 2.31. The smallest absolute Gasteiger partial charge is 0.410 e. The minimum atomic E-state index is -1.30. The number of likely N-dealkylation sites (tertiary alicyclic amines) is 1. The summed E-state index contributed by atoms with van der Waals surface area (Å²) < 4.78 is 17.8. The first kappa shape index (κ1) is 15.9. The molecule has 2 heterocycles. The van der Waals surface area contributed by atoms with Crippen molar-refractivity contribution < 1.29 is 13.7 Å². The molecule has 116 valence electrons. The Labute approximate surface area is 127 Å². The third-order valence-electron chi connectivity index (χ3n) is 3.05. The van der Waals surface area contributed by atoms with Crippen molar-refractivity contribution in [1.29, 1.82) is 0 Å². The van der Waals surface area contributed by atoms with Crippen LogP contribution < -0.4 is 0 Å². The summed E-state index contributed by atoms with van der Waals surface area (Å²) in [5, 5.41) is 0.183. The third kappa shape index (κ3) is 4.49. The Kier molecular flexibility index (Phi) is 4.92. The molecule has 1 aromatic rings. The summed E-state index contributed by atoms with van der Waals surface area (Å²) in [5.41, 5.74) is -0.522. The van der Waals surface area contributed by atoms with Crippen molar-refractivity contribution in [3.05, 3.63) is 18.5 Å². The molecule has 2 rings (SSSR count). The number of carbonyl (C=O) groups excluding carboxylic acids is 1. The van der Waals surface area contributed by atoms with E-state index in [1.165, 1.54) is 0 Å². The molecule has 0 N–H and O–H groups in total. The summed E-state index contributed by atoms with van der Waals surface area (Å²) in [5.74, 6) is 0. The first-order valence-electron chi connectivity index (χ1n) is 7.02. The van der Waals surface area contributed by atoms with Gasteiger partial charge in [-0.1, -0.05) is 0 Å². The number of nitrogens with zero attached hydrogens (tertiary/aromatic N) is 3. The van der Waals surface area contributed by atoms with Crippen LogP contribution in [-0.4, -0.2) is 49.1 Å². The summed E-state index contributed by atoms with van der Waals surface area (Å²) in [6.07, 6.45) is 4.41. The van der Waals surface area contributed by atoms with Crippen LogP contribution in [0.25, 0.3) is 0 Å². The molecule has 0 saturated carbocycles. The maximum Gasteiger partial charge on any atom is 0.410 e. The van der Waals surface area contributed by atoms with Crippen molar-refractivity contribution in [1.82, 2.24) is 14.9 Å². The van der Waals surface area contributed by atoms with Crippen molar-refractivity contribution >= 4 is 16.9 Å². The van der Waals surface area contributed by atoms with Gasteiger partial charge < -0.3 is 9.64 Å². The van der Waals surface area contributed by atoms with Crippen LogP contribution in [0.4, 0.5) is 4.79 Å². The molecule has 1 fully saturated rings. The van der Waals surface area contributed by atoms with Gasteiger partial charge >= 0.3 is 6.09 Å². The van der Waals surface area contributed by atoms with Gasteiger partial charge in [-0.25, -0.2) is 14.8 Å². The van der Waals surface area contributed by atoms with E-state index in [0.717, 1.165) is 12.8 Å². The first-order valence-corrected chi connectivity index (χ1v) is 8.23. The van der Waals surface area contributed by atoms with Gasteiger partial charge in [-0.15, -0.1) is 0 Å². The van der Waals surface area contributed by atoms with E-state index in [0.29, 0.717) is 18.2 Å². The molecule has 0 spiro atoms. The molecule has 0 bridgehead atoms. The van der Waals surface area contributed by atoms with Crippen molar-refractivity contribution in [3.63, 3.8) is 0 Å². The van der Waals surface area contributed by atoms with Gasteiger partial charge in [-0.3, -0.25) is 4.21 Å². The molecular formula is C14H21N3O3S. The minimum absolute atomic E-state index is 0.145. The molecule has 1 aliphatic heterocycles. The van der Waals surface area contributed by atoms with Crippen LogP contribution >= 0.6 is 0 Å². The molecule has 1 aromatic heterocycles. The third-order valence-corrected chi connectivity index (χ3v) is 4.62. The van der Waals surface area contributed by atoms with E-state index in [1.807, 2.05) is 20.8 Å². The van der Waals surface area contributed by atoms with E-state index in [4.69, 9.17) is 4.74 Å². The normalized spacial score (nSPS) is 20.9. The van der Waals surface area contributed by atoms with Crippen LogP contribution in [0.5, 0.6) is 0 Å². The Hall–Kier alpha value is -1.50. The average molecular weight is 311 g/mol. The summed E-state index contributed by atoms with van der Waals surface area (Å²) in [6, 6.07) is 1.69. The van der Waals surface area contributed by atoms with Crippen LogP contribution in [0, 0.1) is 0 Å². The largest absolute Gasteiger partial charge is 0.444 e. The van der Waals surface area contributed by atoms with Crippen LogP contribution in [0.3, 0.4) is 0 Å². The zero-order valence-electron chi connectivity index (χ0n) is 12.6. The lowest BCUT2D eigenvalue weighted by Gasteiger charge is -2.33. The molecule has 6 nitrogen and oxygen atoms in total. The Balaban J connectivity index is 2.01. The number of rotatable bonds is 2. The number of aromatic nitrogens is 2. The number of amides is 1. The van der Waals surface area contributed by atoms with Gasteiger partial charge in [0.15, 0.2) is 0 Å². The fraction of sp³-hybridized carbons (Fsp3) is 0.643. The molecule has 1 saturated heterocycles. The Morgan fingerprint density at radius 2 is 2.05 bits per heavy atom. The SMILES string of the molecule is CC(C)(C)OC(=O)N1CCC[C@@H]([S@@](=O)c2ncccn2)C1.